The van der Waals surface area contributed by atoms with Crippen molar-refractivity contribution in [1.29, 1.82) is 0 Å². The quantitative estimate of drug-likeness (QED) is 0.801. The van der Waals surface area contributed by atoms with Crippen molar-refractivity contribution < 1.29 is 4.74 Å². The number of benzene rings is 1. The molecular weight excluding hydrogens is 248 g/mol. The number of fused-ring (bicyclic) bond motifs is 1. The number of rotatable bonds is 5. The molecule has 2 aromatic rings. The molecule has 0 unspecified atom stereocenters. The Hall–Kier alpha value is -1.51. The highest BCUT2D eigenvalue weighted by molar-refractivity contribution is 5.78. The molecule has 0 amide bonds. The Bertz CT molecular complexity index is 582. The van der Waals surface area contributed by atoms with E-state index < -0.39 is 0 Å². The Balaban J connectivity index is 2.05. The fourth-order valence-corrected chi connectivity index (χ4v) is 3.30. The molecule has 1 aromatic carbocycles. The third kappa shape index (κ3) is 2.41. The second-order valence-corrected chi connectivity index (χ2v) is 5.81. The first kappa shape index (κ1) is 13.5. The average molecular weight is 272 g/mol. The van der Waals surface area contributed by atoms with Crippen LogP contribution in [0.25, 0.3) is 11.0 Å². The fraction of sp³-hybridized carbons (Fsp3) is 0.588. The molecule has 1 aliphatic rings. The van der Waals surface area contributed by atoms with Gasteiger partial charge in [-0.1, -0.05) is 26.2 Å². The Morgan fingerprint density at radius 1 is 1.30 bits per heavy atom. The summed E-state index contributed by atoms with van der Waals surface area (Å²) < 4.78 is 7.78. The van der Waals surface area contributed by atoms with Gasteiger partial charge in [0.05, 0.1) is 18.1 Å². The molecule has 1 fully saturated rings. The molecule has 0 saturated heterocycles. The van der Waals surface area contributed by atoms with Gasteiger partial charge in [0.15, 0.2) is 0 Å². The summed E-state index contributed by atoms with van der Waals surface area (Å²) in [5.74, 6) is 2.86. The van der Waals surface area contributed by atoms with Crippen LogP contribution in [-0.2, 0) is 6.54 Å². The minimum atomic E-state index is 0.658. The van der Waals surface area contributed by atoms with Crippen molar-refractivity contribution in [2.24, 2.45) is 0 Å². The van der Waals surface area contributed by atoms with E-state index in [0.29, 0.717) is 5.92 Å². The number of unbranched alkanes of at least 4 members (excludes halogenated alkanes) is 1. The van der Waals surface area contributed by atoms with Gasteiger partial charge in [0.25, 0.3) is 0 Å². The smallest absolute Gasteiger partial charge is 0.121 e. The van der Waals surface area contributed by atoms with E-state index in [-0.39, 0.29) is 0 Å². The van der Waals surface area contributed by atoms with Crippen molar-refractivity contribution in [2.45, 2.75) is 57.9 Å². The van der Waals surface area contributed by atoms with Crippen molar-refractivity contribution >= 4 is 11.0 Å². The van der Waals surface area contributed by atoms with Crippen molar-refractivity contribution in [1.82, 2.24) is 9.55 Å². The van der Waals surface area contributed by atoms with E-state index in [1.54, 1.807) is 7.11 Å². The summed E-state index contributed by atoms with van der Waals surface area (Å²) in [6, 6.07) is 6.27. The minimum Gasteiger partial charge on any atom is -0.497 e. The number of hydrogen-bond acceptors (Lipinski definition) is 2. The second kappa shape index (κ2) is 5.86. The standard InChI is InChI=1S/C17H24N2O/c1-3-4-11-19-16-10-9-14(20-2)12-15(16)18-17(19)13-7-5-6-8-13/h9-10,12-13H,3-8,11H2,1-2H3. The predicted octanol–water partition coefficient (Wildman–Crippen LogP) is 4.50. The third-order valence-corrected chi connectivity index (χ3v) is 4.44. The van der Waals surface area contributed by atoms with E-state index in [1.165, 1.54) is 49.9 Å². The highest BCUT2D eigenvalue weighted by Gasteiger charge is 2.23. The Labute approximate surface area is 121 Å². The zero-order valence-electron chi connectivity index (χ0n) is 12.6. The Morgan fingerprint density at radius 2 is 2.10 bits per heavy atom. The molecule has 3 nitrogen and oxygen atoms in total. The molecule has 0 atom stereocenters. The van der Waals surface area contributed by atoms with Gasteiger partial charge in [-0.25, -0.2) is 4.98 Å². The third-order valence-electron chi connectivity index (χ3n) is 4.44. The van der Waals surface area contributed by atoms with Crippen LogP contribution in [-0.4, -0.2) is 16.7 Å². The maximum absolute atomic E-state index is 5.33. The molecule has 1 saturated carbocycles. The van der Waals surface area contributed by atoms with Crippen molar-refractivity contribution in [3.63, 3.8) is 0 Å². The van der Waals surface area contributed by atoms with E-state index in [2.05, 4.69) is 23.6 Å². The number of methoxy groups -OCH3 is 1. The highest BCUT2D eigenvalue weighted by Crippen LogP contribution is 2.35. The number of aryl methyl sites for hydroxylation is 1. The first-order valence-electron chi connectivity index (χ1n) is 7.87. The highest BCUT2D eigenvalue weighted by atomic mass is 16.5. The lowest BCUT2D eigenvalue weighted by Gasteiger charge is -2.13. The fourth-order valence-electron chi connectivity index (χ4n) is 3.30. The summed E-state index contributed by atoms with van der Waals surface area (Å²) in [5.41, 5.74) is 2.35. The topological polar surface area (TPSA) is 27.1 Å². The number of hydrogen-bond donors (Lipinski definition) is 0. The first-order valence-corrected chi connectivity index (χ1v) is 7.87. The van der Waals surface area contributed by atoms with E-state index in [9.17, 15) is 0 Å². The van der Waals surface area contributed by atoms with Gasteiger partial charge in [0.2, 0.25) is 0 Å². The zero-order valence-corrected chi connectivity index (χ0v) is 12.6. The van der Waals surface area contributed by atoms with Crippen molar-refractivity contribution in [2.75, 3.05) is 7.11 Å². The summed E-state index contributed by atoms with van der Waals surface area (Å²) >= 11 is 0. The van der Waals surface area contributed by atoms with Crippen molar-refractivity contribution in [3.05, 3.63) is 24.0 Å². The molecule has 0 spiro atoms. The summed E-state index contributed by atoms with van der Waals surface area (Å²) in [5, 5.41) is 0. The molecule has 3 rings (SSSR count). The van der Waals surface area contributed by atoms with Crippen molar-refractivity contribution in [3.8, 4) is 5.75 Å². The largest absolute Gasteiger partial charge is 0.497 e. The van der Waals surface area contributed by atoms with Gasteiger partial charge in [-0.2, -0.15) is 0 Å². The Morgan fingerprint density at radius 3 is 2.80 bits per heavy atom. The Kier molecular flexibility index (Phi) is 3.95. The molecular formula is C17H24N2O. The maximum Gasteiger partial charge on any atom is 0.121 e. The van der Waals surface area contributed by atoms with Gasteiger partial charge in [-0.15, -0.1) is 0 Å². The van der Waals surface area contributed by atoms with E-state index in [0.717, 1.165) is 17.8 Å². The molecule has 0 aliphatic heterocycles. The molecule has 0 bridgehead atoms. The molecule has 20 heavy (non-hydrogen) atoms. The number of nitrogens with zero attached hydrogens (tertiary/aromatic N) is 2. The lowest BCUT2D eigenvalue weighted by atomic mass is 10.1. The number of ether oxygens (including phenoxy) is 1. The summed E-state index contributed by atoms with van der Waals surface area (Å²) in [6.07, 6.45) is 7.74. The first-order chi connectivity index (χ1) is 9.83. The SMILES string of the molecule is CCCCn1c(C2CCCC2)nc2cc(OC)ccc21. The lowest BCUT2D eigenvalue weighted by Crippen LogP contribution is -2.07. The predicted molar refractivity (Wildman–Crippen MR) is 82.4 cm³/mol. The van der Waals surface area contributed by atoms with E-state index in [4.69, 9.17) is 9.72 Å². The van der Waals surface area contributed by atoms with Crippen LogP contribution >= 0.6 is 0 Å². The summed E-state index contributed by atoms with van der Waals surface area (Å²) in [4.78, 5) is 4.94. The van der Waals surface area contributed by atoms with Gasteiger partial charge in [0.1, 0.15) is 11.6 Å². The van der Waals surface area contributed by atoms with E-state index in [1.807, 2.05) is 6.07 Å². The maximum atomic E-state index is 5.33. The minimum absolute atomic E-state index is 0.658. The lowest BCUT2D eigenvalue weighted by molar-refractivity contribution is 0.415. The van der Waals surface area contributed by atoms with Crippen LogP contribution < -0.4 is 4.74 Å². The second-order valence-electron chi connectivity index (χ2n) is 5.81. The number of imidazole rings is 1. The van der Waals surface area contributed by atoms with Crippen LogP contribution in [0.2, 0.25) is 0 Å². The van der Waals surface area contributed by atoms with Gasteiger partial charge < -0.3 is 9.30 Å². The number of aromatic nitrogens is 2. The van der Waals surface area contributed by atoms with Crippen LogP contribution in [0, 0.1) is 0 Å². The van der Waals surface area contributed by atoms with Crippen LogP contribution in [0.1, 0.15) is 57.2 Å². The molecule has 1 aliphatic carbocycles. The summed E-state index contributed by atoms with van der Waals surface area (Å²) in [6.45, 7) is 3.34. The van der Waals surface area contributed by atoms with Crippen LogP contribution in [0.15, 0.2) is 18.2 Å². The van der Waals surface area contributed by atoms with Gasteiger partial charge in [-0.05, 0) is 31.4 Å². The molecule has 0 N–H and O–H groups in total. The zero-order chi connectivity index (χ0) is 13.9. The molecule has 108 valence electrons. The summed E-state index contributed by atoms with van der Waals surface area (Å²) in [7, 11) is 1.72. The van der Waals surface area contributed by atoms with E-state index >= 15 is 0 Å². The normalized spacial score (nSPS) is 16.1. The average Bonchev–Trinajstić information content (AvgIpc) is 3.11. The van der Waals surface area contributed by atoms with Crippen LogP contribution in [0.4, 0.5) is 0 Å². The van der Waals surface area contributed by atoms with Gasteiger partial charge >= 0.3 is 0 Å². The molecule has 1 aromatic heterocycles. The van der Waals surface area contributed by atoms with Crippen LogP contribution in [0.5, 0.6) is 5.75 Å². The van der Waals surface area contributed by atoms with Gasteiger partial charge in [-0.3, -0.25) is 0 Å². The van der Waals surface area contributed by atoms with Crippen LogP contribution in [0.3, 0.4) is 0 Å². The van der Waals surface area contributed by atoms with Gasteiger partial charge in [0, 0.05) is 18.5 Å². The molecule has 1 heterocycles. The monoisotopic (exact) mass is 272 g/mol. The molecule has 3 heteroatoms. The molecule has 0 radical (unpaired) electrons.